The third-order valence-corrected chi connectivity index (χ3v) is 6.80. The number of quaternary nitrogens is 1. The molecule has 5 nitrogen and oxygen atoms in total. The van der Waals surface area contributed by atoms with E-state index in [0.29, 0.717) is 12.5 Å². The summed E-state index contributed by atoms with van der Waals surface area (Å²) < 4.78 is 10.7. The van der Waals surface area contributed by atoms with Crippen molar-refractivity contribution >= 4 is 12.2 Å². The molecule has 4 rings (SSSR count). The minimum Gasteiger partial charge on any atom is -0.486 e. The van der Waals surface area contributed by atoms with Gasteiger partial charge < -0.3 is 14.2 Å². The maximum atomic E-state index is 5.98. The first-order valence-electron chi connectivity index (χ1n) is 10.7. The molecule has 30 heavy (non-hydrogen) atoms. The van der Waals surface area contributed by atoms with E-state index in [4.69, 9.17) is 22.1 Å². The summed E-state index contributed by atoms with van der Waals surface area (Å²) in [7, 11) is 1.97. The molecule has 2 aromatic carbocycles. The molecule has 0 spiro atoms. The molecule has 3 aromatic rings. The molecule has 6 heteroatoms. The maximum Gasteiger partial charge on any atom is 0.202 e. The van der Waals surface area contributed by atoms with E-state index in [1.165, 1.54) is 34.4 Å². The highest BCUT2D eigenvalue weighted by Crippen LogP contribution is 2.23. The third-order valence-electron chi connectivity index (χ3n) is 6.31. The molecule has 0 unspecified atom stereocenters. The zero-order valence-corrected chi connectivity index (χ0v) is 18.9. The highest BCUT2D eigenvalue weighted by atomic mass is 32.1. The Morgan fingerprint density at radius 2 is 1.80 bits per heavy atom. The number of benzene rings is 2. The van der Waals surface area contributed by atoms with E-state index in [0.717, 1.165) is 36.1 Å². The summed E-state index contributed by atoms with van der Waals surface area (Å²) in [4.78, 5) is 1.54. The molecule has 0 radical (unpaired) electrons. The molecule has 0 bridgehead atoms. The van der Waals surface area contributed by atoms with E-state index in [2.05, 4.69) is 56.3 Å². The van der Waals surface area contributed by atoms with Gasteiger partial charge in [-0.3, -0.25) is 0 Å². The summed E-state index contributed by atoms with van der Waals surface area (Å²) in [6.07, 6.45) is 2.42. The highest BCUT2D eigenvalue weighted by Gasteiger charge is 2.24. The molecule has 0 saturated carbocycles. The van der Waals surface area contributed by atoms with Crippen LogP contribution in [0.3, 0.4) is 0 Å². The lowest BCUT2D eigenvalue weighted by Gasteiger charge is -2.29. The van der Waals surface area contributed by atoms with Crippen molar-refractivity contribution in [1.29, 1.82) is 0 Å². The fraction of sp³-hybridized carbons (Fsp3) is 0.417. The second-order valence-electron chi connectivity index (χ2n) is 8.39. The lowest BCUT2D eigenvalue weighted by molar-refractivity contribution is -0.928. The Hall–Kier alpha value is -2.44. The predicted molar refractivity (Wildman–Crippen MR) is 121 cm³/mol. The lowest BCUT2D eigenvalue weighted by atomic mass is 9.90. The first-order chi connectivity index (χ1) is 14.5. The van der Waals surface area contributed by atoms with Crippen LogP contribution in [0.1, 0.15) is 41.3 Å². The van der Waals surface area contributed by atoms with Crippen molar-refractivity contribution in [2.24, 2.45) is 7.05 Å². The Labute approximate surface area is 183 Å². The standard InChI is InChI=1S/C24H30N4OS/c1-18-9-10-22(15-19(18)2)29-16-23-25-28(24(30)26(23)3)17-27-13-11-21(12-14-27)20-7-5-4-6-8-20/h4-10,15,21H,11-14,16-17H2,1-3H3/p+1. The number of piperidine rings is 1. The second kappa shape index (κ2) is 9.14. The van der Waals surface area contributed by atoms with Gasteiger partial charge in [0.15, 0.2) is 12.5 Å². The minimum absolute atomic E-state index is 0.418. The second-order valence-corrected chi connectivity index (χ2v) is 8.75. The number of likely N-dealkylation sites (tertiary alicyclic amines) is 1. The van der Waals surface area contributed by atoms with Crippen LogP contribution in [0, 0.1) is 18.6 Å². The van der Waals surface area contributed by atoms with Crippen LogP contribution in [0.25, 0.3) is 0 Å². The Morgan fingerprint density at radius 3 is 2.50 bits per heavy atom. The van der Waals surface area contributed by atoms with Crippen LogP contribution in [0.2, 0.25) is 0 Å². The smallest absolute Gasteiger partial charge is 0.202 e. The topological polar surface area (TPSA) is 36.4 Å². The number of aryl methyl sites for hydroxylation is 2. The average Bonchev–Trinajstić information content (AvgIpc) is 3.03. The number of nitrogens with one attached hydrogen (secondary N) is 1. The maximum absolute atomic E-state index is 5.98. The van der Waals surface area contributed by atoms with Gasteiger partial charge in [0.2, 0.25) is 4.77 Å². The number of aromatic nitrogens is 3. The SMILES string of the molecule is Cc1ccc(OCc2nn(C[NH+]3CCC(c4ccccc4)CC3)c(=S)n2C)cc1C. The van der Waals surface area contributed by atoms with Crippen molar-refractivity contribution in [2.45, 2.75) is 45.9 Å². The van der Waals surface area contributed by atoms with E-state index < -0.39 is 0 Å². The number of hydrogen-bond acceptors (Lipinski definition) is 3. The third kappa shape index (κ3) is 4.65. The summed E-state index contributed by atoms with van der Waals surface area (Å²) in [6.45, 7) is 7.73. The fourth-order valence-electron chi connectivity index (χ4n) is 4.17. The summed E-state index contributed by atoms with van der Waals surface area (Å²) in [6, 6.07) is 17.1. The van der Waals surface area contributed by atoms with E-state index in [-0.39, 0.29) is 0 Å². The molecular formula is C24H31N4OS+. The van der Waals surface area contributed by atoms with E-state index >= 15 is 0 Å². The van der Waals surface area contributed by atoms with E-state index in [1.54, 1.807) is 0 Å². The summed E-state index contributed by atoms with van der Waals surface area (Å²) in [5.41, 5.74) is 3.97. The van der Waals surface area contributed by atoms with Gasteiger partial charge in [-0.25, -0.2) is 0 Å². The number of hydrogen-bond donors (Lipinski definition) is 1. The molecule has 0 amide bonds. The van der Waals surface area contributed by atoms with Crippen molar-refractivity contribution in [1.82, 2.24) is 14.3 Å². The van der Waals surface area contributed by atoms with Gasteiger partial charge in [0.25, 0.3) is 0 Å². The van der Waals surface area contributed by atoms with Gasteiger partial charge in [0.05, 0.1) is 13.1 Å². The van der Waals surface area contributed by atoms with Gasteiger partial charge in [0, 0.05) is 19.9 Å². The van der Waals surface area contributed by atoms with E-state index in [9.17, 15) is 0 Å². The van der Waals surface area contributed by atoms with E-state index in [1.807, 2.05) is 22.4 Å². The van der Waals surface area contributed by atoms with Crippen molar-refractivity contribution in [3.63, 3.8) is 0 Å². The molecule has 1 aliphatic heterocycles. The molecule has 1 aromatic heterocycles. The molecule has 1 fully saturated rings. The predicted octanol–water partition coefficient (Wildman–Crippen LogP) is 3.57. The molecule has 0 atom stereocenters. The van der Waals surface area contributed by atoms with Gasteiger partial charge in [-0.15, -0.1) is 5.10 Å². The largest absolute Gasteiger partial charge is 0.486 e. The van der Waals surface area contributed by atoms with Crippen molar-refractivity contribution in [2.75, 3.05) is 13.1 Å². The quantitative estimate of drug-likeness (QED) is 0.616. The molecule has 2 heterocycles. The Balaban J connectivity index is 1.36. The first kappa shape index (κ1) is 20.8. The van der Waals surface area contributed by atoms with Crippen LogP contribution in [0.4, 0.5) is 0 Å². The monoisotopic (exact) mass is 423 g/mol. The minimum atomic E-state index is 0.418. The first-order valence-corrected chi connectivity index (χ1v) is 11.1. The van der Waals surface area contributed by atoms with Crippen molar-refractivity contribution in [3.8, 4) is 5.75 Å². The van der Waals surface area contributed by atoms with Crippen LogP contribution in [0.5, 0.6) is 5.75 Å². The Bertz CT molecular complexity index is 1050. The zero-order valence-electron chi connectivity index (χ0n) is 18.1. The molecule has 1 aliphatic rings. The zero-order chi connectivity index (χ0) is 21.1. The average molecular weight is 424 g/mol. The Morgan fingerprint density at radius 1 is 1.07 bits per heavy atom. The van der Waals surface area contributed by atoms with Gasteiger partial charge >= 0.3 is 0 Å². The van der Waals surface area contributed by atoms with Crippen LogP contribution < -0.4 is 9.64 Å². The van der Waals surface area contributed by atoms with Gasteiger partial charge in [-0.1, -0.05) is 36.4 Å². The van der Waals surface area contributed by atoms with Gasteiger partial charge in [-0.05, 0) is 60.8 Å². The molecule has 0 aliphatic carbocycles. The van der Waals surface area contributed by atoms with Gasteiger partial charge in [0.1, 0.15) is 12.4 Å². The van der Waals surface area contributed by atoms with Crippen molar-refractivity contribution in [3.05, 3.63) is 75.8 Å². The molecule has 1 saturated heterocycles. The summed E-state index contributed by atoms with van der Waals surface area (Å²) in [5.74, 6) is 2.40. The van der Waals surface area contributed by atoms with Crippen LogP contribution in [-0.2, 0) is 20.3 Å². The highest BCUT2D eigenvalue weighted by molar-refractivity contribution is 7.71. The summed E-state index contributed by atoms with van der Waals surface area (Å²) >= 11 is 5.65. The lowest BCUT2D eigenvalue weighted by Crippen LogP contribution is -3.12. The molecule has 158 valence electrons. The molecular weight excluding hydrogens is 392 g/mol. The number of ether oxygens (including phenoxy) is 1. The van der Waals surface area contributed by atoms with Crippen LogP contribution >= 0.6 is 12.2 Å². The fourth-order valence-corrected chi connectivity index (χ4v) is 4.38. The molecule has 1 N–H and O–H groups in total. The van der Waals surface area contributed by atoms with Crippen LogP contribution in [-0.4, -0.2) is 27.4 Å². The van der Waals surface area contributed by atoms with Crippen molar-refractivity contribution < 1.29 is 9.64 Å². The normalized spacial score (nSPS) is 19.0. The summed E-state index contributed by atoms with van der Waals surface area (Å²) in [5, 5.41) is 4.77. The van der Waals surface area contributed by atoms with Gasteiger partial charge in [-0.2, -0.15) is 4.68 Å². The van der Waals surface area contributed by atoms with Crippen LogP contribution in [0.15, 0.2) is 48.5 Å². The number of nitrogens with zero attached hydrogens (tertiary/aromatic N) is 3. The number of rotatable bonds is 6. The Kier molecular flexibility index (Phi) is 6.35.